The molecule has 2 heterocycles. The van der Waals surface area contributed by atoms with Crippen molar-refractivity contribution in [3.8, 4) is 0 Å². The molecule has 0 bridgehead atoms. The number of nitrogens with one attached hydrogen (secondary N) is 1. The van der Waals surface area contributed by atoms with Crippen LogP contribution in [0.1, 0.15) is 24.8 Å². The lowest BCUT2D eigenvalue weighted by Gasteiger charge is -2.38. The third kappa shape index (κ3) is 2.96. The summed E-state index contributed by atoms with van der Waals surface area (Å²) in [4.78, 5) is 0. The number of hydrogen-bond acceptors (Lipinski definition) is 3. The minimum absolute atomic E-state index is 0.0319. The van der Waals surface area contributed by atoms with E-state index in [4.69, 9.17) is 9.47 Å². The Hall–Kier alpha value is -0.580. The SMILES string of the molecule is Cc1ccc(Br)cc1NC1CCOC2(CCOC2)C1. The van der Waals surface area contributed by atoms with Gasteiger partial charge in [-0.2, -0.15) is 0 Å². The second kappa shape index (κ2) is 5.43. The van der Waals surface area contributed by atoms with Crippen molar-refractivity contribution >= 4 is 21.6 Å². The summed E-state index contributed by atoms with van der Waals surface area (Å²) in [5.41, 5.74) is 2.47. The maximum Gasteiger partial charge on any atom is 0.0956 e. The topological polar surface area (TPSA) is 30.5 Å². The molecule has 1 N–H and O–H groups in total. The molecular formula is C15H20BrNO2. The molecule has 19 heavy (non-hydrogen) atoms. The summed E-state index contributed by atoms with van der Waals surface area (Å²) in [7, 11) is 0. The van der Waals surface area contributed by atoms with Gasteiger partial charge in [0.1, 0.15) is 0 Å². The summed E-state index contributed by atoms with van der Waals surface area (Å²) in [6.07, 6.45) is 3.13. The summed E-state index contributed by atoms with van der Waals surface area (Å²) >= 11 is 3.54. The van der Waals surface area contributed by atoms with Gasteiger partial charge in [0.05, 0.1) is 12.2 Å². The molecule has 0 amide bonds. The summed E-state index contributed by atoms with van der Waals surface area (Å²) in [6.45, 7) is 4.56. The second-order valence-electron chi connectivity index (χ2n) is 5.63. The minimum atomic E-state index is -0.0319. The Kier molecular flexibility index (Phi) is 3.83. The summed E-state index contributed by atoms with van der Waals surface area (Å²) in [5, 5.41) is 3.68. The van der Waals surface area contributed by atoms with Crippen molar-refractivity contribution in [3.63, 3.8) is 0 Å². The molecule has 3 rings (SSSR count). The largest absolute Gasteiger partial charge is 0.382 e. The molecular weight excluding hydrogens is 306 g/mol. The standard InChI is InChI=1S/C15H20BrNO2/c1-11-2-3-12(16)8-14(11)17-13-4-6-19-15(9-13)5-7-18-10-15/h2-3,8,13,17H,4-7,9-10H2,1H3. The third-order valence-electron chi connectivity index (χ3n) is 4.12. The Morgan fingerprint density at radius 3 is 3.05 bits per heavy atom. The zero-order valence-corrected chi connectivity index (χ0v) is 12.8. The van der Waals surface area contributed by atoms with Crippen LogP contribution in [0.3, 0.4) is 0 Å². The first-order chi connectivity index (χ1) is 9.17. The number of rotatable bonds is 2. The highest BCUT2D eigenvalue weighted by atomic mass is 79.9. The van der Waals surface area contributed by atoms with E-state index in [0.29, 0.717) is 6.04 Å². The van der Waals surface area contributed by atoms with Gasteiger partial charge < -0.3 is 14.8 Å². The van der Waals surface area contributed by atoms with Crippen molar-refractivity contribution in [1.82, 2.24) is 0 Å². The first-order valence-corrected chi connectivity index (χ1v) is 7.71. The van der Waals surface area contributed by atoms with E-state index in [0.717, 1.165) is 43.6 Å². The maximum atomic E-state index is 5.97. The first kappa shape index (κ1) is 13.4. The Bertz CT molecular complexity index is 457. The Labute approximate surface area is 122 Å². The molecule has 2 atom stereocenters. The van der Waals surface area contributed by atoms with Gasteiger partial charge >= 0.3 is 0 Å². The monoisotopic (exact) mass is 325 g/mol. The van der Waals surface area contributed by atoms with Crippen LogP contribution >= 0.6 is 15.9 Å². The van der Waals surface area contributed by atoms with Crippen LogP contribution in [0.25, 0.3) is 0 Å². The summed E-state index contributed by atoms with van der Waals surface area (Å²) < 4.78 is 12.6. The van der Waals surface area contributed by atoms with Crippen LogP contribution in [0, 0.1) is 6.92 Å². The highest BCUT2D eigenvalue weighted by Gasteiger charge is 2.41. The van der Waals surface area contributed by atoms with Gasteiger partial charge in [-0.25, -0.2) is 0 Å². The Morgan fingerprint density at radius 1 is 1.37 bits per heavy atom. The quantitative estimate of drug-likeness (QED) is 0.902. The molecule has 1 aromatic rings. The Morgan fingerprint density at radius 2 is 2.26 bits per heavy atom. The van der Waals surface area contributed by atoms with Crippen molar-refractivity contribution in [3.05, 3.63) is 28.2 Å². The normalized spacial score (nSPS) is 30.7. The molecule has 2 aliphatic rings. The fraction of sp³-hybridized carbons (Fsp3) is 0.600. The van der Waals surface area contributed by atoms with Gasteiger partial charge in [-0.3, -0.25) is 0 Å². The lowest BCUT2D eigenvalue weighted by molar-refractivity contribution is -0.0828. The van der Waals surface area contributed by atoms with Crippen molar-refractivity contribution in [2.45, 2.75) is 37.8 Å². The predicted octanol–water partition coefficient (Wildman–Crippen LogP) is 3.51. The predicted molar refractivity (Wildman–Crippen MR) is 79.6 cm³/mol. The molecule has 0 radical (unpaired) electrons. The molecule has 104 valence electrons. The molecule has 2 aliphatic heterocycles. The lowest BCUT2D eigenvalue weighted by atomic mass is 9.89. The van der Waals surface area contributed by atoms with E-state index in [9.17, 15) is 0 Å². The highest BCUT2D eigenvalue weighted by Crippen LogP contribution is 2.34. The van der Waals surface area contributed by atoms with Crippen LogP contribution in [-0.2, 0) is 9.47 Å². The molecule has 2 fully saturated rings. The second-order valence-corrected chi connectivity index (χ2v) is 6.54. The van der Waals surface area contributed by atoms with Crippen LogP contribution < -0.4 is 5.32 Å². The van der Waals surface area contributed by atoms with E-state index < -0.39 is 0 Å². The highest BCUT2D eigenvalue weighted by molar-refractivity contribution is 9.10. The van der Waals surface area contributed by atoms with Crippen molar-refractivity contribution in [2.75, 3.05) is 25.1 Å². The van der Waals surface area contributed by atoms with E-state index in [1.54, 1.807) is 0 Å². The van der Waals surface area contributed by atoms with Gasteiger partial charge in [-0.05, 0) is 37.5 Å². The molecule has 0 aliphatic carbocycles. The van der Waals surface area contributed by atoms with Crippen LogP contribution in [0.15, 0.2) is 22.7 Å². The Balaban J connectivity index is 1.70. The van der Waals surface area contributed by atoms with E-state index in [2.05, 4.69) is 46.4 Å². The van der Waals surface area contributed by atoms with Gasteiger partial charge in [-0.1, -0.05) is 22.0 Å². The fourth-order valence-electron chi connectivity index (χ4n) is 2.98. The van der Waals surface area contributed by atoms with Crippen molar-refractivity contribution in [2.24, 2.45) is 0 Å². The van der Waals surface area contributed by atoms with Gasteiger partial charge in [0, 0.05) is 35.8 Å². The van der Waals surface area contributed by atoms with E-state index in [1.165, 1.54) is 11.3 Å². The molecule has 4 heteroatoms. The van der Waals surface area contributed by atoms with Crippen LogP contribution in [-0.4, -0.2) is 31.5 Å². The fourth-order valence-corrected chi connectivity index (χ4v) is 3.34. The molecule has 3 nitrogen and oxygen atoms in total. The number of benzene rings is 1. The maximum absolute atomic E-state index is 5.97. The van der Waals surface area contributed by atoms with Crippen LogP contribution in [0.5, 0.6) is 0 Å². The van der Waals surface area contributed by atoms with Gasteiger partial charge in [-0.15, -0.1) is 0 Å². The molecule has 2 unspecified atom stereocenters. The number of anilines is 1. The molecule has 1 aromatic carbocycles. The van der Waals surface area contributed by atoms with Crippen LogP contribution in [0.2, 0.25) is 0 Å². The number of halogens is 1. The summed E-state index contributed by atoms with van der Waals surface area (Å²) in [5.74, 6) is 0. The molecule has 1 spiro atoms. The number of ether oxygens (including phenoxy) is 2. The molecule has 2 saturated heterocycles. The van der Waals surface area contributed by atoms with Crippen molar-refractivity contribution in [1.29, 1.82) is 0 Å². The average molecular weight is 326 g/mol. The molecule has 0 aromatic heterocycles. The molecule has 0 saturated carbocycles. The lowest BCUT2D eigenvalue weighted by Crippen LogP contribution is -2.45. The van der Waals surface area contributed by atoms with E-state index in [-0.39, 0.29) is 5.60 Å². The zero-order chi connectivity index (χ0) is 13.3. The minimum Gasteiger partial charge on any atom is -0.382 e. The van der Waals surface area contributed by atoms with E-state index >= 15 is 0 Å². The van der Waals surface area contributed by atoms with Crippen molar-refractivity contribution < 1.29 is 9.47 Å². The smallest absolute Gasteiger partial charge is 0.0956 e. The number of aryl methyl sites for hydroxylation is 1. The number of hydrogen-bond donors (Lipinski definition) is 1. The van der Waals surface area contributed by atoms with Gasteiger partial charge in [0.2, 0.25) is 0 Å². The van der Waals surface area contributed by atoms with Crippen LogP contribution in [0.4, 0.5) is 5.69 Å². The average Bonchev–Trinajstić information content (AvgIpc) is 2.82. The van der Waals surface area contributed by atoms with Gasteiger partial charge in [0.15, 0.2) is 0 Å². The zero-order valence-electron chi connectivity index (χ0n) is 11.2. The van der Waals surface area contributed by atoms with Gasteiger partial charge in [0.25, 0.3) is 0 Å². The van der Waals surface area contributed by atoms with E-state index in [1.807, 2.05) is 0 Å². The summed E-state index contributed by atoms with van der Waals surface area (Å²) in [6, 6.07) is 6.85. The first-order valence-electron chi connectivity index (χ1n) is 6.91. The third-order valence-corrected chi connectivity index (χ3v) is 4.61.